The zero-order valence-electron chi connectivity index (χ0n) is 11.6. The molecule has 1 aromatic rings. The highest BCUT2D eigenvalue weighted by Gasteiger charge is 2.53. The minimum absolute atomic E-state index is 0.0100. The van der Waals surface area contributed by atoms with Crippen molar-refractivity contribution in [1.29, 1.82) is 0 Å². The fourth-order valence-electron chi connectivity index (χ4n) is 2.84. The number of nitrogens with one attached hydrogen (secondary N) is 1. The highest BCUT2D eigenvalue weighted by molar-refractivity contribution is 9.10. The Labute approximate surface area is 126 Å². The fourth-order valence-corrected chi connectivity index (χ4v) is 3.55. The van der Waals surface area contributed by atoms with Crippen molar-refractivity contribution in [2.45, 2.75) is 32.2 Å². The maximum atomic E-state index is 12.8. The molecular formula is C15H17BrN2O2. The van der Waals surface area contributed by atoms with E-state index in [2.05, 4.69) is 21.2 Å². The molecule has 1 aliphatic heterocycles. The van der Waals surface area contributed by atoms with E-state index in [0.717, 1.165) is 28.6 Å². The predicted molar refractivity (Wildman–Crippen MR) is 80.5 cm³/mol. The molecule has 5 heteroatoms. The van der Waals surface area contributed by atoms with Gasteiger partial charge in [0.25, 0.3) is 5.91 Å². The van der Waals surface area contributed by atoms with E-state index in [1.807, 2.05) is 32.0 Å². The van der Waals surface area contributed by atoms with E-state index >= 15 is 0 Å². The third-order valence-corrected chi connectivity index (χ3v) is 4.81. The summed E-state index contributed by atoms with van der Waals surface area (Å²) in [5, 5.41) is 2.89. The molecule has 2 amide bonds. The molecular weight excluding hydrogens is 320 g/mol. The Bertz CT molecular complexity index is 598. The van der Waals surface area contributed by atoms with Crippen LogP contribution in [0, 0.1) is 12.8 Å². The van der Waals surface area contributed by atoms with Gasteiger partial charge in [-0.15, -0.1) is 0 Å². The summed E-state index contributed by atoms with van der Waals surface area (Å²) in [5.41, 5.74) is 1.13. The Balaban J connectivity index is 1.99. The average Bonchev–Trinajstić information content (AvgIpc) is 3.18. The van der Waals surface area contributed by atoms with E-state index in [9.17, 15) is 9.59 Å². The molecule has 0 aromatic heterocycles. The Morgan fingerprint density at radius 3 is 2.65 bits per heavy atom. The summed E-state index contributed by atoms with van der Waals surface area (Å²) in [6.45, 7) is 3.93. The Kier molecular flexibility index (Phi) is 3.12. The number of hydrogen-bond acceptors (Lipinski definition) is 2. The number of carbonyl (C=O) groups is 2. The number of benzene rings is 1. The number of hydrogen-bond donors (Lipinski definition) is 1. The normalized spacial score (nSPS) is 26.6. The van der Waals surface area contributed by atoms with Gasteiger partial charge in [-0.3, -0.25) is 14.5 Å². The van der Waals surface area contributed by atoms with Gasteiger partial charge in [0.1, 0.15) is 12.1 Å². The lowest BCUT2D eigenvalue weighted by Crippen LogP contribution is -2.66. The van der Waals surface area contributed by atoms with Gasteiger partial charge in [-0.2, -0.15) is 0 Å². The van der Waals surface area contributed by atoms with Gasteiger partial charge < -0.3 is 5.32 Å². The number of piperazine rings is 1. The van der Waals surface area contributed by atoms with Crippen LogP contribution in [0.3, 0.4) is 0 Å². The quantitative estimate of drug-likeness (QED) is 0.901. The van der Waals surface area contributed by atoms with Gasteiger partial charge in [0.15, 0.2) is 0 Å². The SMILES string of the molecule is Cc1ccc(N2CC(=O)NC(C)(C3CC3)C2=O)c(Br)c1. The molecule has 0 radical (unpaired) electrons. The van der Waals surface area contributed by atoms with Gasteiger partial charge in [-0.1, -0.05) is 6.07 Å². The van der Waals surface area contributed by atoms with Crippen LogP contribution in [0.25, 0.3) is 0 Å². The minimum Gasteiger partial charge on any atom is -0.340 e. The molecule has 20 heavy (non-hydrogen) atoms. The van der Waals surface area contributed by atoms with Crippen molar-refractivity contribution >= 4 is 33.4 Å². The molecule has 2 fully saturated rings. The summed E-state index contributed by atoms with van der Waals surface area (Å²) in [4.78, 5) is 26.4. The van der Waals surface area contributed by atoms with Gasteiger partial charge >= 0.3 is 0 Å². The lowest BCUT2D eigenvalue weighted by atomic mass is 9.91. The van der Waals surface area contributed by atoms with Crippen LogP contribution in [0.15, 0.2) is 22.7 Å². The second-order valence-corrected chi connectivity index (χ2v) is 6.73. The van der Waals surface area contributed by atoms with Crippen molar-refractivity contribution in [3.63, 3.8) is 0 Å². The van der Waals surface area contributed by atoms with E-state index in [4.69, 9.17) is 0 Å². The summed E-state index contributed by atoms with van der Waals surface area (Å²) < 4.78 is 0.846. The molecule has 0 bridgehead atoms. The summed E-state index contributed by atoms with van der Waals surface area (Å²) in [6.07, 6.45) is 2.01. The first-order valence-corrected chi connectivity index (χ1v) is 7.60. The molecule has 1 heterocycles. The second-order valence-electron chi connectivity index (χ2n) is 5.87. The molecule has 1 saturated heterocycles. The fraction of sp³-hybridized carbons (Fsp3) is 0.467. The van der Waals surface area contributed by atoms with Crippen LogP contribution < -0.4 is 10.2 Å². The predicted octanol–water partition coefficient (Wildman–Crippen LogP) is 2.39. The number of rotatable bonds is 2. The Hall–Kier alpha value is -1.36. The topological polar surface area (TPSA) is 49.4 Å². The van der Waals surface area contributed by atoms with Crippen molar-refractivity contribution in [2.24, 2.45) is 5.92 Å². The van der Waals surface area contributed by atoms with Crippen molar-refractivity contribution < 1.29 is 9.59 Å². The molecule has 106 valence electrons. The van der Waals surface area contributed by atoms with Crippen molar-refractivity contribution in [2.75, 3.05) is 11.4 Å². The smallest absolute Gasteiger partial charge is 0.253 e. The largest absolute Gasteiger partial charge is 0.340 e. The number of aryl methyl sites for hydroxylation is 1. The first-order chi connectivity index (χ1) is 9.41. The van der Waals surface area contributed by atoms with Gasteiger partial charge in [-0.05, 0) is 66.2 Å². The second kappa shape index (κ2) is 4.58. The van der Waals surface area contributed by atoms with E-state index in [0.29, 0.717) is 0 Å². The number of amides is 2. The lowest BCUT2D eigenvalue weighted by molar-refractivity contribution is -0.136. The zero-order valence-corrected chi connectivity index (χ0v) is 13.2. The maximum absolute atomic E-state index is 12.8. The van der Waals surface area contributed by atoms with Crippen LogP contribution in [-0.2, 0) is 9.59 Å². The van der Waals surface area contributed by atoms with E-state index in [-0.39, 0.29) is 24.3 Å². The number of anilines is 1. The van der Waals surface area contributed by atoms with Gasteiger partial charge in [0, 0.05) is 4.47 Å². The van der Waals surface area contributed by atoms with E-state index in [1.54, 1.807) is 4.90 Å². The van der Waals surface area contributed by atoms with Crippen molar-refractivity contribution in [1.82, 2.24) is 5.32 Å². The minimum atomic E-state index is -0.750. The third-order valence-electron chi connectivity index (χ3n) is 4.18. The Morgan fingerprint density at radius 2 is 2.05 bits per heavy atom. The van der Waals surface area contributed by atoms with Crippen LogP contribution >= 0.6 is 15.9 Å². The number of nitrogens with zero attached hydrogens (tertiary/aromatic N) is 1. The number of carbonyl (C=O) groups excluding carboxylic acids is 2. The summed E-state index contributed by atoms with van der Waals surface area (Å²) in [7, 11) is 0. The van der Waals surface area contributed by atoms with Crippen LogP contribution in [0.2, 0.25) is 0 Å². The molecule has 1 saturated carbocycles. The zero-order chi connectivity index (χ0) is 14.5. The summed E-state index contributed by atoms with van der Waals surface area (Å²) in [5.74, 6) is 0.168. The van der Waals surface area contributed by atoms with Crippen LogP contribution in [0.4, 0.5) is 5.69 Å². The molecule has 0 spiro atoms. The summed E-state index contributed by atoms with van der Waals surface area (Å²) in [6, 6.07) is 5.81. The van der Waals surface area contributed by atoms with Gasteiger partial charge in [-0.25, -0.2) is 0 Å². The van der Waals surface area contributed by atoms with Crippen LogP contribution in [0.1, 0.15) is 25.3 Å². The summed E-state index contributed by atoms with van der Waals surface area (Å²) >= 11 is 3.49. The molecule has 1 atom stereocenters. The molecule has 1 aliphatic carbocycles. The first kappa shape index (κ1) is 13.6. The molecule has 4 nitrogen and oxygen atoms in total. The van der Waals surface area contributed by atoms with Gasteiger partial charge in [0.2, 0.25) is 5.91 Å². The highest BCUT2D eigenvalue weighted by atomic mass is 79.9. The molecule has 1 aromatic carbocycles. The molecule has 2 aliphatic rings. The number of halogens is 1. The third kappa shape index (κ3) is 2.14. The van der Waals surface area contributed by atoms with E-state index in [1.165, 1.54) is 0 Å². The molecule has 1 unspecified atom stereocenters. The molecule has 1 N–H and O–H groups in total. The lowest BCUT2D eigenvalue weighted by Gasteiger charge is -2.40. The Morgan fingerprint density at radius 1 is 1.35 bits per heavy atom. The van der Waals surface area contributed by atoms with Gasteiger partial charge in [0.05, 0.1) is 5.69 Å². The van der Waals surface area contributed by atoms with Crippen LogP contribution in [0.5, 0.6) is 0 Å². The monoisotopic (exact) mass is 336 g/mol. The van der Waals surface area contributed by atoms with Crippen molar-refractivity contribution in [3.05, 3.63) is 28.2 Å². The maximum Gasteiger partial charge on any atom is 0.253 e. The van der Waals surface area contributed by atoms with E-state index < -0.39 is 5.54 Å². The average molecular weight is 337 g/mol. The highest BCUT2D eigenvalue weighted by Crippen LogP contribution is 2.42. The van der Waals surface area contributed by atoms with Crippen molar-refractivity contribution in [3.8, 4) is 0 Å². The van der Waals surface area contributed by atoms with Crippen LogP contribution in [-0.4, -0.2) is 23.9 Å². The standard InChI is InChI=1S/C15H17BrN2O2/c1-9-3-6-12(11(16)7-9)18-8-13(19)17-15(2,14(18)20)10-4-5-10/h3,6-7,10H,4-5,8H2,1-2H3,(H,17,19). The first-order valence-electron chi connectivity index (χ1n) is 6.81. The molecule has 3 rings (SSSR count).